The van der Waals surface area contributed by atoms with Crippen LogP contribution < -0.4 is 5.32 Å². The molecule has 0 unspecified atom stereocenters. The molecule has 1 saturated carbocycles. The molecule has 0 aromatic carbocycles. The van der Waals surface area contributed by atoms with Crippen molar-refractivity contribution in [3.05, 3.63) is 21.8 Å². The van der Waals surface area contributed by atoms with E-state index in [4.69, 9.17) is 11.6 Å². The molecule has 1 aliphatic rings. The normalized spacial score (nSPS) is 23.9. The third kappa shape index (κ3) is 3.86. The maximum absolute atomic E-state index is 6.17. The Morgan fingerprint density at radius 1 is 1.39 bits per heavy atom. The highest BCUT2D eigenvalue weighted by molar-refractivity contribution is 9.10. The molecule has 1 aromatic rings. The zero-order valence-corrected chi connectivity index (χ0v) is 13.1. The van der Waals surface area contributed by atoms with Crippen LogP contribution in [0.1, 0.15) is 45.4 Å². The van der Waals surface area contributed by atoms with Crippen LogP contribution in [-0.2, 0) is 0 Å². The lowest BCUT2D eigenvalue weighted by atomic mass is 9.83. The minimum Gasteiger partial charge on any atom is -0.366 e. The molecule has 0 saturated heterocycles. The van der Waals surface area contributed by atoms with E-state index in [1.54, 1.807) is 6.20 Å². The standard InChI is InChI=1S/C14H20BrClN2/c1-2-3-10-4-6-12(7-5-10)18-14-13(16)8-11(15)9-17-14/h8-10,12H,2-7H2,1H3,(H,17,18). The van der Waals surface area contributed by atoms with E-state index in [1.807, 2.05) is 6.07 Å². The van der Waals surface area contributed by atoms with Gasteiger partial charge in [0, 0.05) is 16.7 Å². The van der Waals surface area contributed by atoms with Crippen molar-refractivity contribution < 1.29 is 0 Å². The summed E-state index contributed by atoms with van der Waals surface area (Å²) in [5.74, 6) is 1.75. The van der Waals surface area contributed by atoms with E-state index in [-0.39, 0.29) is 0 Å². The number of anilines is 1. The zero-order chi connectivity index (χ0) is 13.0. The number of aromatic nitrogens is 1. The van der Waals surface area contributed by atoms with E-state index < -0.39 is 0 Å². The Kier molecular flexibility index (Phi) is 5.31. The summed E-state index contributed by atoms with van der Waals surface area (Å²) in [4.78, 5) is 4.34. The topological polar surface area (TPSA) is 24.9 Å². The maximum atomic E-state index is 6.17. The largest absolute Gasteiger partial charge is 0.366 e. The zero-order valence-electron chi connectivity index (χ0n) is 10.8. The first-order chi connectivity index (χ1) is 8.69. The van der Waals surface area contributed by atoms with Gasteiger partial charge < -0.3 is 5.32 Å². The van der Waals surface area contributed by atoms with E-state index in [2.05, 4.69) is 33.2 Å². The molecule has 2 nitrogen and oxygen atoms in total. The van der Waals surface area contributed by atoms with Crippen molar-refractivity contribution in [1.29, 1.82) is 0 Å². The van der Waals surface area contributed by atoms with Crippen molar-refractivity contribution in [2.75, 3.05) is 5.32 Å². The van der Waals surface area contributed by atoms with Crippen molar-refractivity contribution in [1.82, 2.24) is 4.98 Å². The summed E-state index contributed by atoms with van der Waals surface area (Å²) in [6, 6.07) is 2.42. The van der Waals surface area contributed by atoms with Gasteiger partial charge in [-0.15, -0.1) is 0 Å². The van der Waals surface area contributed by atoms with Gasteiger partial charge in [-0.05, 0) is 53.6 Å². The first kappa shape index (κ1) is 14.1. The Bertz CT molecular complexity index is 389. The average molecular weight is 332 g/mol. The van der Waals surface area contributed by atoms with Crippen LogP contribution in [0.5, 0.6) is 0 Å². The minimum absolute atomic E-state index is 0.532. The molecule has 4 heteroatoms. The van der Waals surface area contributed by atoms with Gasteiger partial charge in [-0.1, -0.05) is 31.4 Å². The van der Waals surface area contributed by atoms with Gasteiger partial charge in [0.25, 0.3) is 0 Å². The predicted molar refractivity (Wildman–Crippen MR) is 81.2 cm³/mol. The highest BCUT2D eigenvalue weighted by Crippen LogP contribution is 2.31. The molecule has 0 aliphatic heterocycles. The Morgan fingerprint density at radius 2 is 2.11 bits per heavy atom. The molecular formula is C14H20BrClN2. The molecule has 0 atom stereocenters. The second-order valence-electron chi connectivity index (χ2n) is 5.13. The maximum Gasteiger partial charge on any atom is 0.145 e. The van der Waals surface area contributed by atoms with Crippen molar-refractivity contribution in [3.8, 4) is 0 Å². The smallest absolute Gasteiger partial charge is 0.145 e. The predicted octanol–water partition coefficient (Wildman–Crippen LogP) is 5.27. The summed E-state index contributed by atoms with van der Waals surface area (Å²) in [5.41, 5.74) is 0. The molecule has 18 heavy (non-hydrogen) atoms. The number of nitrogens with one attached hydrogen (secondary N) is 1. The SMILES string of the molecule is CCCC1CCC(Nc2ncc(Br)cc2Cl)CC1. The van der Waals surface area contributed by atoms with Crippen LogP contribution in [0.4, 0.5) is 5.82 Å². The summed E-state index contributed by atoms with van der Waals surface area (Å²) in [6.45, 7) is 2.27. The molecule has 1 fully saturated rings. The van der Waals surface area contributed by atoms with Crippen molar-refractivity contribution in [2.24, 2.45) is 5.92 Å². The van der Waals surface area contributed by atoms with E-state index in [0.717, 1.165) is 16.2 Å². The molecule has 2 rings (SSSR count). The average Bonchev–Trinajstić information content (AvgIpc) is 2.35. The third-order valence-electron chi connectivity index (χ3n) is 3.69. The Balaban J connectivity index is 1.87. The Morgan fingerprint density at radius 3 is 2.72 bits per heavy atom. The monoisotopic (exact) mass is 330 g/mol. The fourth-order valence-electron chi connectivity index (χ4n) is 2.72. The number of rotatable bonds is 4. The van der Waals surface area contributed by atoms with Crippen molar-refractivity contribution >= 4 is 33.3 Å². The van der Waals surface area contributed by atoms with Gasteiger partial charge >= 0.3 is 0 Å². The van der Waals surface area contributed by atoms with Gasteiger partial charge in [0.15, 0.2) is 0 Å². The third-order valence-corrected chi connectivity index (χ3v) is 4.41. The molecule has 0 amide bonds. The number of pyridine rings is 1. The number of hydrogen-bond donors (Lipinski definition) is 1. The van der Waals surface area contributed by atoms with Crippen LogP contribution >= 0.6 is 27.5 Å². The van der Waals surface area contributed by atoms with Gasteiger partial charge in [0.2, 0.25) is 0 Å². The summed E-state index contributed by atoms with van der Waals surface area (Å²) < 4.78 is 0.921. The van der Waals surface area contributed by atoms with Crippen LogP contribution in [0.15, 0.2) is 16.7 Å². The minimum atomic E-state index is 0.532. The van der Waals surface area contributed by atoms with Gasteiger partial charge in [0.05, 0.1) is 5.02 Å². The van der Waals surface area contributed by atoms with E-state index in [0.29, 0.717) is 11.1 Å². The number of halogens is 2. The van der Waals surface area contributed by atoms with Crippen LogP contribution in [0.2, 0.25) is 5.02 Å². The Hall–Kier alpha value is -0.280. The Labute approximate surface area is 123 Å². The van der Waals surface area contributed by atoms with Crippen molar-refractivity contribution in [3.63, 3.8) is 0 Å². The van der Waals surface area contributed by atoms with Crippen LogP contribution in [0, 0.1) is 5.92 Å². The first-order valence-corrected chi connectivity index (χ1v) is 7.93. The van der Waals surface area contributed by atoms with Crippen LogP contribution in [0.3, 0.4) is 0 Å². The summed E-state index contributed by atoms with van der Waals surface area (Å²) in [6.07, 6.45) is 9.61. The van der Waals surface area contributed by atoms with E-state index in [9.17, 15) is 0 Å². The van der Waals surface area contributed by atoms with Gasteiger partial charge in [0.1, 0.15) is 5.82 Å². The molecule has 1 N–H and O–H groups in total. The summed E-state index contributed by atoms with van der Waals surface area (Å²) in [5, 5.41) is 4.17. The summed E-state index contributed by atoms with van der Waals surface area (Å²) in [7, 11) is 0. The number of nitrogens with zero attached hydrogens (tertiary/aromatic N) is 1. The quantitative estimate of drug-likeness (QED) is 0.813. The second kappa shape index (κ2) is 6.76. The lowest BCUT2D eigenvalue weighted by molar-refractivity contribution is 0.318. The summed E-state index contributed by atoms with van der Waals surface area (Å²) >= 11 is 9.54. The number of hydrogen-bond acceptors (Lipinski definition) is 2. The second-order valence-corrected chi connectivity index (χ2v) is 6.46. The first-order valence-electron chi connectivity index (χ1n) is 6.76. The van der Waals surface area contributed by atoms with E-state index in [1.165, 1.54) is 38.5 Å². The lowest BCUT2D eigenvalue weighted by Gasteiger charge is -2.29. The van der Waals surface area contributed by atoms with Gasteiger partial charge in [-0.25, -0.2) is 4.98 Å². The van der Waals surface area contributed by atoms with Crippen LogP contribution in [0.25, 0.3) is 0 Å². The fraction of sp³-hybridized carbons (Fsp3) is 0.643. The van der Waals surface area contributed by atoms with Crippen LogP contribution in [-0.4, -0.2) is 11.0 Å². The highest BCUT2D eigenvalue weighted by atomic mass is 79.9. The molecule has 0 radical (unpaired) electrons. The highest BCUT2D eigenvalue weighted by Gasteiger charge is 2.21. The fourth-order valence-corrected chi connectivity index (χ4v) is 3.40. The molecule has 1 aromatic heterocycles. The van der Waals surface area contributed by atoms with Gasteiger partial charge in [-0.2, -0.15) is 0 Å². The van der Waals surface area contributed by atoms with Crippen molar-refractivity contribution in [2.45, 2.75) is 51.5 Å². The lowest BCUT2D eigenvalue weighted by Crippen LogP contribution is -2.26. The van der Waals surface area contributed by atoms with Gasteiger partial charge in [-0.3, -0.25) is 0 Å². The molecule has 100 valence electrons. The molecule has 0 spiro atoms. The van der Waals surface area contributed by atoms with E-state index >= 15 is 0 Å². The molecule has 0 bridgehead atoms. The molecule has 1 heterocycles. The molecular weight excluding hydrogens is 312 g/mol. The molecule has 1 aliphatic carbocycles.